The topological polar surface area (TPSA) is 46.5 Å². The number of hydrogen-bond donors (Lipinski definition) is 1. The molecule has 1 atom stereocenters. The van der Waals surface area contributed by atoms with Crippen molar-refractivity contribution in [1.82, 2.24) is 0 Å². The van der Waals surface area contributed by atoms with Crippen LogP contribution in [0.5, 0.6) is 0 Å². The zero-order chi connectivity index (χ0) is 26.5. The molecule has 0 aliphatic heterocycles. The molecule has 0 aliphatic rings. The molecule has 0 aliphatic carbocycles. The highest BCUT2D eigenvalue weighted by Crippen LogP contribution is 2.22. The minimum Gasteiger partial charge on any atom is -0.466 e. The van der Waals surface area contributed by atoms with Crippen molar-refractivity contribution in [1.29, 1.82) is 0 Å². The maximum Gasteiger partial charge on any atom is 0.305 e. The van der Waals surface area contributed by atoms with E-state index in [0.717, 1.165) is 25.2 Å². The molecule has 3 nitrogen and oxygen atoms in total. The van der Waals surface area contributed by atoms with Gasteiger partial charge in [0.15, 0.2) is 0 Å². The van der Waals surface area contributed by atoms with Gasteiger partial charge in [0.25, 0.3) is 0 Å². The third-order valence-electron chi connectivity index (χ3n) is 7.94. The molecule has 0 rings (SSSR count). The van der Waals surface area contributed by atoms with Crippen LogP contribution < -0.4 is 0 Å². The lowest BCUT2D eigenvalue weighted by atomic mass is 9.92. The third kappa shape index (κ3) is 25.1. The van der Waals surface area contributed by atoms with Gasteiger partial charge >= 0.3 is 5.97 Å². The normalized spacial score (nSPS) is 12.4. The molecular formula is C33H66O3. The van der Waals surface area contributed by atoms with Crippen LogP contribution >= 0.6 is 0 Å². The Bertz CT molecular complexity index is 427. The molecule has 0 aromatic heterocycles. The van der Waals surface area contributed by atoms with E-state index >= 15 is 0 Å². The largest absolute Gasteiger partial charge is 0.466 e. The number of aliphatic hydroxyl groups is 1. The molecule has 0 fully saturated rings. The Morgan fingerprint density at radius 2 is 0.917 bits per heavy atom. The molecule has 3 heteroatoms. The Labute approximate surface area is 226 Å². The second-order valence-electron chi connectivity index (χ2n) is 11.5. The van der Waals surface area contributed by atoms with E-state index in [-0.39, 0.29) is 5.97 Å². The molecule has 0 saturated carbocycles. The standard InChI is InChI=1S/C33H66O3/c1-4-7-10-11-12-15-20-25-32(30-34)26-21-16-13-14-17-22-27-33(35)36-29-28-31(23-18-8-5-2)24-19-9-6-3/h31-32,34H,4-30H2,1-3H3. The first-order valence-electron chi connectivity index (χ1n) is 16.4. The number of carbonyl (C=O) groups is 1. The summed E-state index contributed by atoms with van der Waals surface area (Å²) in [5, 5.41) is 9.67. The minimum atomic E-state index is 0.00650. The number of unbranched alkanes of at least 4 members (excludes halogenated alkanes) is 15. The summed E-state index contributed by atoms with van der Waals surface area (Å²) in [4.78, 5) is 12.1. The van der Waals surface area contributed by atoms with Gasteiger partial charge in [-0.3, -0.25) is 4.79 Å². The second kappa shape index (κ2) is 29.0. The predicted octanol–water partition coefficient (Wildman–Crippen LogP) is 10.6. The quantitative estimate of drug-likeness (QED) is 0.0804. The van der Waals surface area contributed by atoms with E-state index in [4.69, 9.17) is 4.74 Å². The van der Waals surface area contributed by atoms with E-state index in [9.17, 15) is 9.90 Å². The van der Waals surface area contributed by atoms with Crippen molar-refractivity contribution in [2.75, 3.05) is 13.2 Å². The van der Waals surface area contributed by atoms with Crippen LogP contribution in [0.4, 0.5) is 0 Å². The summed E-state index contributed by atoms with van der Waals surface area (Å²) in [6, 6.07) is 0. The zero-order valence-corrected chi connectivity index (χ0v) is 25.0. The number of rotatable bonds is 29. The summed E-state index contributed by atoms with van der Waals surface area (Å²) in [5.41, 5.74) is 0. The van der Waals surface area contributed by atoms with Crippen LogP contribution in [-0.2, 0) is 9.53 Å². The SMILES string of the molecule is CCCCCCCCCC(CO)CCCCCCCCC(=O)OCCC(CCCCC)CCCCC. The van der Waals surface area contributed by atoms with Gasteiger partial charge in [0.2, 0.25) is 0 Å². The van der Waals surface area contributed by atoms with Gasteiger partial charge in [-0.15, -0.1) is 0 Å². The van der Waals surface area contributed by atoms with E-state index < -0.39 is 0 Å². The smallest absolute Gasteiger partial charge is 0.305 e. The monoisotopic (exact) mass is 511 g/mol. The highest BCUT2D eigenvalue weighted by Gasteiger charge is 2.11. The average Bonchev–Trinajstić information content (AvgIpc) is 2.88. The fourth-order valence-electron chi connectivity index (χ4n) is 5.34. The highest BCUT2D eigenvalue weighted by atomic mass is 16.5. The molecule has 0 spiro atoms. The van der Waals surface area contributed by atoms with Gasteiger partial charge in [-0.05, 0) is 37.5 Å². The molecule has 0 saturated heterocycles. The van der Waals surface area contributed by atoms with Crippen LogP contribution in [0.3, 0.4) is 0 Å². The van der Waals surface area contributed by atoms with Crippen molar-refractivity contribution < 1.29 is 14.6 Å². The third-order valence-corrected chi connectivity index (χ3v) is 7.94. The lowest BCUT2D eigenvalue weighted by Gasteiger charge is -2.16. The van der Waals surface area contributed by atoms with Gasteiger partial charge in [0, 0.05) is 13.0 Å². The second-order valence-corrected chi connectivity index (χ2v) is 11.5. The fourth-order valence-corrected chi connectivity index (χ4v) is 5.34. The van der Waals surface area contributed by atoms with Crippen molar-refractivity contribution in [2.45, 2.75) is 181 Å². The van der Waals surface area contributed by atoms with Gasteiger partial charge in [-0.2, -0.15) is 0 Å². The van der Waals surface area contributed by atoms with Gasteiger partial charge in [0.1, 0.15) is 0 Å². The van der Waals surface area contributed by atoms with Crippen molar-refractivity contribution in [3.05, 3.63) is 0 Å². The summed E-state index contributed by atoms with van der Waals surface area (Å²) < 4.78 is 5.57. The van der Waals surface area contributed by atoms with Gasteiger partial charge in [0.05, 0.1) is 6.61 Å². The molecule has 0 aromatic rings. The molecule has 1 N–H and O–H groups in total. The first-order chi connectivity index (χ1) is 17.7. The molecular weight excluding hydrogens is 444 g/mol. The number of carbonyl (C=O) groups excluding carboxylic acids is 1. The Balaban J connectivity index is 3.65. The van der Waals surface area contributed by atoms with Gasteiger partial charge < -0.3 is 9.84 Å². The zero-order valence-electron chi connectivity index (χ0n) is 25.0. The van der Waals surface area contributed by atoms with Crippen molar-refractivity contribution in [2.24, 2.45) is 11.8 Å². The van der Waals surface area contributed by atoms with E-state index in [1.54, 1.807) is 0 Å². The Morgan fingerprint density at radius 1 is 0.528 bits per heavy atom. The van der Waals surface area contributed by atoms with Crippen molar-refractivity contribution in [3.8, 4) is 0 Å². The highest BCUT2D eigenvalue weighted by molar-refractivity contribution is 5.69. The van der Waals surface area contributed by atoms with E-state index in [2.05, 4.69) is 20.8 Å². The number of aliphatic hydroxyl groups excluding tert-OH is 1. The lowest BCUT2D eigenvalue weighted by Crippen LogP contribution is -2.10. The molecule has 0 aromatic carbocycles. The fraction of sp³-hybridized carbons (Fsp3) is 0.970. The molecule has 36 heavy (non-hydrogen) atoms. The Morgan fingerprint density at radius 3 is 1.42 bits per heavy atom. The summed E-state index contributed by atoms with van der Waals surface area (Å²) in [6.45, 7) is 7.77. The van der Waals surface area contributed by atoms with E-state index in [1.807, 2.05) is 0 Å². The summed E-state index contributed by atoms with van der Waals surface area (Å²) in [6.07, 6.45) is 31.0. The number of ether oxygens (including phenoxy) is 1. The van der Waals surface area contributed by atoms with Crippen LogP contribution in [0.1, 0.15) is 181 Å². The first-order valence-corrected chi connectivity index (χ1v) is 16.4. The maximum absolute atomic E-state index is 12.1. The molecule has 0 radical (unpaired) electrons. The van der Waals surface area contributed by atoms with E-state index in [0.29, 0.717) is 25.6 Å². The van der Waals surface area contributed by atoms with Crippen LogP contribution in [0.25, 0.3) is 0 Å². The average molecular weight is 511 g/mol. The predicted molar refractivity (Wildman–Crippen MR) is 157 cm³/mol. The lowest BCUT2D eigenvalue weighted by molar-refractivity contribution is -0.144. The summed E-state index contributed by atoms with van der Waals surface area (Å²) >= 11 is 0. The van der Waals surface area contributed by atoms with Gasteiger partial charge in [-0.1, -0.05) is 149 Å². The summed E-state index contributed by atoms with van der Waals surface area (Å²) in [5.74, 6) is 1.25. The maximum atomic E-state index is 12.1. The minimum absolute atomic E-state index is 0.00650. The molecule has 0 heterocycles. The number of esters is 1. The molecule has 216 valence electrons. The van der Waals surface area contributed by atoms with E-state index in [1.165, 1.54) is 135 Å². The number of hydrogen-bond acceptors (Lipinski definition) is 3. The van der Waals surface area contributed by atoms with Crippen LogP contribution in [-0.4, -0.2) is 24.3 Å². The Kier molecular flexibility index (Phi) is 28.5. The van der Waals surface area contributed by atoms with Gasteiger partial charge in [-0.25, -0.2) is 0 Å². The summed E-state index contributed by atoms with van der Waals surface area (Å²) in [7, 11) is 0. The van der Waals surface area contributed by atoms with Crippen molar-refractivity contribution >= 4 is 5.97 Å². The van der Waals surface area contributed by atoms with Crippen molar-refractivity contribution in [3.63, 3.8) is 0 Å². The first kappa shape index (κ1) is 35.4. The van der Waals surface area contributed by atoms with Crippen LogP contribution in [0.15, 0.2) is 0 Å². The van der Waals surface area contributed by atoms with Crippen LogP contribution in [0, 0.1) is 11.8 Å². The molecule has 0 bridgehead atoms. The Hall–Kier alpha value is -0.570. The molecule has 1 unspecified atom stereocenters. The van der Waals surface area contributed by atoms with Crippen LogP contribution in [0.2, 0.25) is 0 Å². The molecule has 0 amide bonds.